The predicted octanol–water partition coefficient (Wildman–Crippen LogP) is 19.7. The molecular weight excluding hydrogens is 883 g/mol. The second-order valence-electron chi connectivity index (χ2n) is 22.1. The van der Waals surface area contributed by atoms with Crippen LogP contribution in [-0.2, 0) is 16.2 Å². The lowest BCUT2D eigenvalue weighted by Crippen LogP contribution is -2.29. The topological polar surface area (TPSA) is 16.4 Å². The van der Waals surface area contributed by atoms with E-state index >= 15 is 0 Å². The van der Waals surface area contributed by atoms with Crippen molar-refractivity contribution in [1.82, 2.24) is 0 Å². The van der Waals surface area contributed by atoms with Gasteiger partial charge in [-0.2, -0.15) is 0 Å². The van der Waals surface area contributed by atoms with E-state index in [4.69, 9.17) is 4.42 Å². The molecule has 0 saturated heterocycles. The summed E-state index contributed by atoms with van der Waals surface area (Å²) in [5.41, 5.74) is 19.4. The average Bonchev–Trinajstić information content (AvgIpc) is 3.95. The summed E-state index contributed by atoms with van der Waals surface area (Å²) in [5, 5.41) is 7.18. The van der Waals surface area contributed by atoms with Crippen molar-refractivity contribution < 1.29 is 4.42 Å². The van der Waals surface area contributed by atoms with Crippen LogP contribution in [0.15, 0.2) is 241 Å². The first-order valence-electron chi connectivity index (χ1n) is 25.7. The molecule has 2 heteroatoms. The van der Waals surface area contributed by atoms with Crippen LogP contribution in [0, 0.1) is 0 Å². The highest BCUT2D eigenvalue weighted by Crippen LogP contribution is 2.60. The van der Waals surface area contributed by atoms with E-state index in [0.717, 1.165) is 44.6 Å². The van der Waals surface area contributed by atoms with Gasteiger partial charge in [-0.15, -0.1) is 0 Å². The van der Waals surface area contributed by atoms with Crippen LogP contribution >= 0.6 is 0 Å². The monoisotopic (exact) mass is 939 g/mol. The van der Waals surface area contributed by atoms with Gasteiger partial charge in [0.2, 0.25) is 0 Å². The van der Waals surface area contributed by atoms with Crippen LogP contribution in [0.2, 0.25) is 0 Å². The molecule has 0 bridgehead atoms. The number of nitrogens with zero attached hydrogens (tertiary/aromatic N) is 1. The normalized spacial score (nSPS) is 13.2. The lowest BCUT2D eigenvalue weighted by molar-refractivity contribution is 0.588. The predicted molar refractivity (Wildman–Crippen MR) is 309 cm³/mol. The van der Waals surface area contributed by atoms with Crippen molar-refractivity contribution in [2.45, 2.75) is 57.8 Å². The first kappa shape index (κ1) is 44.5. The largest absolute Gasteiger partial charge is 0.456 e. The summed E-state index contributed by atoms with van der Waals surface area (Å²) in [4.78, 5) is 2.45. The van der Waals surface area contributed by atoms with Crippen molar-refractivity contribution in [3.63, 3.8) is 0 Å². The third kappa shape index (κ3) is 7.38. The second-order valence-corrected chi connectivity index (χ2v) is 22.1. The fraction of sp³-hybridized carbons (Fsp3) is 0.127. The van der Waals surface area contributed by atoms with Gasteiger partial charge in [0.15, 0.2) is 0 Å². The lowest BCUT2D eigenvalue weighted by atomic mass is 9.67. The van der Waals surface area contributed by atoms with E-state index in [-0.39, 0.29) is 10.8 Å². The zero-order chi connectivity index (χ0) is 49.6. The minimum atomic E-state index is -0.584. The molecule has 0 radical (unpaired) electrons. The molecule has 0 fully saturated rings. The van der Waals surface area contributed by atoms with Crippen LogP contribution in [0.25, 0.3) is 76.9 Å². The van der Waals surface area contributed by atoms with Crippen LogP contribution < -0.4 is 4.90 Å². The van der Waals surface area contributed by atoms with Gasteiger partial charge in [-0.1, -0.05) is 217 Å². The summed E-state index contributed by atoms with van der Waals surface area (Å²) in [6.45, 7) is 13.8. The molecule has 0 unspecified atom stereocenters. The molecule has 0 aliphatic heterocycles. The first-order valence-corrected chi connectivity index (χ1v) is 25.7. The standard InChI is InChI=1S/C71H57NO/c1-69(2,3)54-30-34-56(35-31-54)71(57-36-32-55(33-37-57)70(4,5)6)63-18-11-9-17-62(63)68-64(71)19-13-20-65(68)72(59-40-41-61-60-16-10-12-21-66(60)73-67(61)45-59)58-38-28-47(29-39-58)49-24-25-52-44-53(27-26-51(52)43-49)50-23-22-46-14-7-8-15-48(46)42-50/h7-45H,1-6H3. The molecule has 1 aromatic heterocycles. The Morgan fingerprint density at radius 1 is 0.356 bits per heavy atom. The van der Waals surface area contributed by atoms with Crippen LogP contribution in [0.3, 0.4) is 0 Å². The molecule has 0 atom stereocenters. The van der Waals surface area contributed by atoms with Crippen LogP contribution in [0.5, 0.6) is 0 Å². The van der Waals surface area contributed by atoms with E-state index in [1.807, 2.05) is 6.07 Å². The van der Waals surface area contributed by atoms with Crippen molar-refractivity contribution in [1.29, 1.82) is 0 Å². The van der Waals surface area contributed by atoms with Gasteiger partial charge in [0.25, 0.3) is 0 Å². The molecule has 0 saturated carbocycles. The number of benzene rings is 11. The summed E-state index contributed by atoms with van der Waals surface area (Å²) in [5.74, 6) is 0. The number of rotatable bonds is 7. The molecule has 0 spiro atoms. The Morgan fingerprint density at radius 3 is 1.49 bits per heavy atom. The highest BCUT2D eigenvalue weighted by atomic mass is 16.3. The number of anilines is 3. The smallest absolute Gasteiger partial charge is 0.137 e. The van der Waals surface area contributed by atoms with Crippen LogP contribution in [0.4, 0.5) is 17.1 Å². The van der Waals surface area contributed by atoms with E-state index in [2.05, 4.69) is 277 Å². The number of furan rings is 1. The molecule has 2 nitrogen and oxygen atoms in total. The van der Waals surface area contributed by atoms with Gasteiger partial charge in [0.05, 0.1) is 11.1 Å². The zero-order valence-corrected chi connectivity index (χ0v) is 42.4. The van der Waals surface area contributed by atoms with Gasteiger partial charge in [-0.25, -0.2) is 0 Å². The molecular formula is C71H57NO. The third-order valence-corrected chi connectivity index (χ3v) is 15.7. The Bertz CT molecular complexity index is 4030. The summed E-state index contributed by atoms with van der Waals surface area (Å²) >= 11 is 0. The molecule has 1 heterocycles. The second kappa shape index (κ2) is 16.8. The van der Waals surface area contributed by atoms with Gasteiger partial charge in [0.1, 0.15) is 11.2 Å². The molecule has 12 aromatic rings. The van der Waals surface area contributed by atoms with Gasteiger partial charge in [-0.05, 0) is 148 Å². The molecule has 73 heavy (non-hydrogen) atoms. The van der Waals surface area contributed by atoms with Crippen molar-refractivity contribution in [2.75, 3.05) is 4.90 Å². The minimum Gasteiger partial charge on any atom is -0.456 e. The van der Waals surface area contributed by atoms with Crippen molar-refractivity contribution in [3.8, 4) is 33.4 Å². The van der Waals surface area contributed by atoms with Gasteiger partial charge in [0, 0.05) is 33.8 Å². The maximum absolute atomic E-state index is 6.61. The average molecular weight is 940 g/mol. The molecule has 1 aliphatic rings. The molecule has 1 aliphatic carbocycles. The first-order chi connectivity index (χ1) is 35.4. The van der Waals surface area contributed by atoms with Crippen molar-refractivity contribution >= 4 is 60.5 Å². The zero-order valence-electron chi connectivity index (χ0n) is 42.4. The molecule has 0 amide bonds. The van der Waals surface area contributed by atoms with E-state index < -0.39 is 5.41 Å². The van der Waals surface area contributed by atoms with Crippen molar-refractivity contribution in [2.24, 2.45) is 0 Å². The Labute approximate surface area is 428 Å². The fourth-order valence-electron chi connectivity index (χ4n) is 11.8. The highest BCUT2D eigenvalue weighted by Gasteiger charge is 2.47. The van der Waals surface area contributed by atoms with Crippen LogP contribution in [0.1, 0.15) is 74.9 Å². The Morgan fingerprint density at radius 2 is 0.849 bits per heavy atom. The molecule has 11 aromatic carbocycles. The fourth-order valence-corrected chi connectivity index (χ4v) is 11.8. The summed E-state index contributed by atoms with van der Waals surface area (Å²) in [7, 11) is 0. The Hall–Kier alpha value is -8.46. The number of hydrogen-bond donors (Lipinski definition) is 0. The summed E-state index contributed by atoms with van der Waals surface area (Å²) < 4.78 is 6.61. The van der Waals surface area contributed by atoms with Gasteiger partial charge < -0.3 is 9.32 Å². The molecule has 13 rings (SSSR count). The van der Waals surface area contributed by atoms with E-state index in [1.165, 1.54) is 82.7 Å². The number of fused-ring (bicyclic) bond motifs is 8. The Kier molecular flexibility index (Phi) is 10.3. The van der Waals surface area contributed by atoms with Crippen molar-refractivity contribution in [3.05, 3.63) is 270 Å². The highest BCUT2D eigenvalue weighted by molar-refractivity contribution is 6.07. The number of para-hydroxylation sites is 1. The minimum absolute atomic E-state index is 0.0208. The Balaban J connectivity index is 0.972. The van der Waals surface area contributed by atoms with E-state index in [1.54, 1.807) is 0 Å². The summed E-state index contributed by atoms with van der Waals surface area (Å²) in [6, 6.07) is 88.2. The summed E-state index contributed by atoms with van der Waals surface area (Å²) in [6.07, 6.45) is 0. The van der Waals surface area contributed by atoms with Crippen LogP contribution in [-0.4, -0.2) is 0 Å². The van der Waals surface area contributed by atoms with E-state index in [0.29, 0.717) is 0 Å². The maximum atomic E-state index is 6.61. The molecule has 0 N–H and O–H groups in total. The maximum Gasteiger partial charge on any atom is 0.137 e. The van der Waals surface area contributed by atoms with Gasteiger partial charge in [-0.3, -0.25) is 0 Å². The molecule has 352 valence electrons. The van der Waals surface area contributed by atoms with E-state index in [9.17, 15) is 0 Å². The lowest BCUT2D eigenvalue weighted by Gasteiger charge is -2.35. The third-order valence-electron chi connectivity index (χ3n) is 15.7. The SMILES string of the molecule is CC(C)(C)c1ccc(C2(c3ccc(C(C)(C)C)cc3)c3ccccc3-c3c(N(c4ccc(-c5ccc6cc(-c7ccc8ccccc8c7)ccc6c5)cc4)c4ccc5c(c4)oc4ccccc45)cccc32)cc1. The van der Waals surface area contributed by atoms with Gasteiger partial charge >= 0.3 is 0 Å². The number of hydrogen-bond acceptors (Lipinski definition) is 2. The quantitative estimate of drug-likeness (QED) is 0.158.